The minimum absolute atomic E-state index is 0.0152. The lowest BCUT2D eigenvalue weighted by atomic mass is 10.1. The zero-order valence-electron chi connectivity index (χ0n) is 16.7. The molecule has 160 valence electrons. The number of nitrogens with one attached hydrogen (secondary N) is 3. The standard InChI is InChI=1S/C22H18N6O4/c29-19(13-32-16-9-2-1-3-10-16)26-27-22-20(28(30)31)21(23-14-24-22)25-18-12-6-8-15-7-4-5-11-17(15)18/h1-12,14H,13H2,(H,26,29)(H2,23,24,25,27). The minimum atomic E-state index is -0.623. The van der Waals surface area contributed by atoms with Crippen molar-refractivity contribution in [3.8, 4) is 5.75 Å². The fraction of sp³-hybridized carbons (Fsp3) is 0.0455. The van der Waals surface area contributed by atoms with E-state index < -0.39 is 16.5 Å². The maximum Gasteiger partial charge on any atom is 0.355 e. The summed E-state index contributed by atoms with van der Waals surface area (Å²) in [7, 11) is 0. The van der Waals surface area contributed by atoms with Gasteiger partial charge in [0.15, 0.2) is 6.61 Å². The van der Waals surface area contributed by atoms with Crippen molar-refractivity contribution in [3.63, 3.8) is 0 Å². The highest BCUT2D eigenvalue weighted by molar-refractivity contribution is 5.96. The van der Waals surface area contributed by atoms with Crippen molar-refractivity contribution in [2.24, 2.45) is 0 Å². The van der Waals surface area contributed by atoms with Crippen LogP contribution < -0.4 is 20.9 Å². The molecule has 1 aromatic heterocycles. The monoisotopic (exact) mass is 430 g/mol. The predicted molar refractivity (Wildman–Crippen MR) is 120 cm³/mol. The Morgan fingerprint density at radius 3 is 2.47 bits per heavy atom. The van der Waals surface area contributed by atoms with Gasteiger partial charge in [-0.15, -0.1) is 0 Å². The summed E-state index contributed by atoms with van der Waals surface area (Å²) >= 11 is 0. The first kappa shape index (κ1) is 20.5. The molecule has 4 rings (SSSR count). The molecular weight excluding hydrogens is 412 g/mol. The number of nitrogens with zero attached hydrogens (tertiary/aromatic N) is 3. The van der Waals surface area contributed by atoms with Crippen molar-refractivity contribution in [1.82, 2.24) is 15.4 Å². The van der Waals surface area contributed by atoms with Gasteiger partial charge >= 0.3 is 5.69 Å². The van der Waals surface area contributed by atoms with Gasteiger partial charge in [0.2, 0.25) is 11.6 Å². The van der Waals surface area contributed by atoms with Crippen LogP contribution >= 0.6 is 0 Å². The second kappa shape index (κ2) is 9.39. The van der Waals surface area contributed by atoms with Crippen LogP contribution in [0.3, 0.4) is 0 Å². The molecule has 10 nitrogen and oxygen atoms in total. The van der Waals surface area contributed by atoms with Gasteiger partial charge in [0, 0.05) is 11.1 Å². The number of para-hydroxylation sites is 1. The van der Waals surface area contributed by atoms with E-state index in [9.17, 15) is 14.9 Å². The number of carbonyl (C=O) groups excluding carboxylic acids is 1. The van der Waals surface area contributed by atoms with E-state index in [0.29, 0.717) is 11.4 Å². The van der Waals surface area contributed by atoms with E-state index in [1.54, 1.807) is 30.3 Å². The molecule has 0 atom stereocenters. The first-order valence-corrected chi connectivity index (χ1v) is 9.58. The van der Waals surface area contributed by atoms with E-state index in [4.69, 9.17) is 4.74 Å². The van der Waals surface area contributed by atoms with E-state index in [-0.39, 0.29) is 18.2 Å². The van der Waals surface area contributed by atoms with Crippen molar-refractivity contribution in [3.05, 3.63) is 89.2 Å². The van der Waals surface area contributed by atoms with Crippen molar-refractivity contribution < 1.29 is 14.5 Å². The number of aromatic nitrogens is 2. The number of hydrazine groups is 1. The molecule has 0 aliphatic rings. The molecule has 0 unspecified atom stereocenters. The van der Waals surface area contributed by atoms with Gasteiger partial charge in [-0.2, -0.15) is 0 Å². The second-order valence-electron chi connectivity index (χ2n) is 6.60. The number of hydrogen-bond acceptors (Lipinski definition) is 8. The van der Waals surface area contributed by atoms with Crippen LogP contribution in [0.25, 0.3) is 10.8 Å². The Balaban J connectivity index is 1.50. The van der Waals surface area contributed by atoms with E-state index in [1.165, 1.54) is 0 Å². The summed E-state index contributed by atoms with van der Waals surface area (Å²) in [4.78, 5) is 31.1. The molecule has 3 N–H and O–H groups in total. The van der Waals surface area contributed by atoms with E-state index in [1.807, 2.05) is 42.5 Å². The maximum absolute atomic E-state index is 12.1. The van der Waals surface area contributed by atoms with Crippen LogP contribution in [0.5, 0.6) is 5.75 Å². The highest BCUT2D eigenvalue weighted by atomic mass is 16.6. The molecule has 0 spiro atoms. The first-order valence-electron chi connectivity index (χ1n) is 9.58. The summed E-state index contributed by atoms with van der Waals surface area (Å²) in [6, 6.07) is 22.0. The van der Waals surface area contributed by atoms with E-state index >= 15 is 0 Å². The second-order valence-corrected chi connectivity index (χ2v) is 6.60. The number of ether oxygens (including phenoxy) is 1. The normalized spacial score (nSPS) is 10.4. The summed E-state index contributed by atoms with van der Waals surface area (Å²) in [6.45, 7) is -0.281. The van der Waals surface area contributed by atoms with Gasteiger partial charge in [-0.05, 0) is 23.6 Å². The number of anilines is 3. The van der Waals surface area contributed by atoms with Crippen LogP contribution in [0.1, 0.15) is 0 Å². The fourth-order valence-corrected chi connectivity index (χ4v) is 3.03. The maximum atomic E-state index is 12.1. The lowest BCUT2D eigenvalue weighted by Gasteiger charge is -2.12. The van der Waals surface area contributed by atoms with Crippen molar-refractivity contribution in [1.29, 1.82) is 0 Å². The third-order valence-corrected chi connectivity index (χ3v) is 4.48. The predicted octanol–water partition coefficient (Wildman–Crippen LogP) is 3.80. The molecule has 4 aromatic rings. The lowest BCUT2D eigenvalue weighted by Crippen LogP contribution is -2.34. The SMILES string of the molecule is O=C(COc1ccccc1)NNc1ncnc(Nc2cccc3ccccc23)c1[N+](=O)[O-]. The quantitative estimate of drug-likeness (QED) is 0.284. The van der Waals surface area contributed by atoms with Crippen LogP contribution in [0.15, 0.2) is 79.1 Å². The summed E-state index contributed by atoms with van der Waals surface area (Å²) in [5.41, 5.74) is 5.07. The molecule has 0 saturated carbocycles. The fourth-order valence-electron chi connectivity index (χ4n) is 3.03. The van der Waals surface area contributed by atoms with E-state index in [2.05, 4.69) is 26.1 Å². The average molecular weight is 430 g/mol. The average Bonchev–Trinajstić information content (AvgIpc) is 2.82. The Hall–Kier alpha value is -4.73. The molecule has 0 saturated heterocycles. The van der Waals surface area contributed by atoms with Gasteiger partial charge in [-0.25, -0.2) is 9.97 Å². The lowest BCUT2D eigenvalue weighted by molar-refractivity contribution is -0.383. The number of benzene rings is 3. The first-order chi connectivity index (χ1) is 15.6. The number of nitro groups is 1. The summed E-state index contributed by atoms with van der Waals surface area (Å²) in [6.07, 6.45) is 1.16. The number of amides is 1. The van der Waals surface area contributed by atoms with Crippen LogP contribution in [0.2, 0.25) is 0 Å². The summed E-state index contributed by atoms with van der Waals surface area (Å²) in [5.74, 6) is -0.193. The molecule has 0 aliphatic heterocycles. The van der Waals surface area contributed by atoms with Crippen LogP contribution in [-0.2, 0) is 4.79 Å². The molecule has 0 fully saturated rings. The molecule has 10 heteroatoms. The Kier molecular flexibility index (Phi) is 6.03. The van der Waals surface area contributed by atoms with Gasteiger partial charge < -0.3 is 10.1 Å². The van der Waals surface area contributed by atoms with Gasteiger partial charge in [0.1, 0.15) is 12.1 Å². The molecule has 32 heavy (non-hydrogen) atoms. The molecule has 0 radical (unpaired) electrons. The van der Waals surface area contributed by atoms with Gasteiger partial charge in [-0.1, -0.05) is 54.6 Å². The molecule has 1 heterocycles. The number of rotatable bonds is 8. The van der Waals surface area contributed by atoms with Crippen molar-refractivity contribution in [2.45, 2.75) is 0 Å². The number of hydrogen-bond donors (Lipinski definition) is 3. The van der Waals surface area contributed by atoms with Crippen LogP contribution in [0, 0.1) is 10.1 Å². The molecule has 3 aromatic carbocycles. The Morgan fingerprint density at radius 2 is 1.66 bits per heavy atom. The topological polar surface area (TPSA) is 131 Å². The molecule has 1 amide bonds. The molecular formula is C22H18N6O4. The Labute approximate surface area is 182 Å². The smallest absolute Gasteiger partial charge is 0.355 e. The largest absolute Gasteiger partial charge is 0.484 e. The Morgan fingerprint density at radius 1 is 0.938 bits per heavy atom. The molecule has 0 bridgehead atoms. The van der Waals surface area contributed by atoms with Gasteiger partial charge in [0.25, 0.3) is 5.91 Å². The minimum Gasteiger partial charge on any atom is -0.484 e. The summed E-state index contributed by atoms with van der Waals surface area (Å²) < 4.78 is 5.35. The van der Waals surface area contributed by atoms with Crippen molar-refractivity contribution in [2.75, 3.05) is 17.3 Å². The third-order valence-electron chi connectivity index (χ3n) is 4.48. The zero-order valence-corrected chi connectivity index (χ0v) is 16.7. The number of fused-ring (bicyclic) bond motifs is 1. The van der Waals surface area contributed by atoms with Gasteiger partial charge in [0.05, 0.1) is 4.92 Å². The third kappa shape index (κ3) is 4.70. The van der Waals surface area contributed by atoms with Crippen molar-refractivity contribution >= 4 is 39.7 Å². The summed E-state index contributed by atoms with van der Waals surface area (Å²) in [5, 5.41) is 16.6. The van der Waals surface area contributed by atoms with Crippen LogP contribution in [0.4, 0.5) is 23.0 Å². The zero-order chi connectivity index (χ0) is 22.3. The van der Waals surface area contributed by atoms with Gasteiger partial charge in [-0.3, -0.25) is 25.8 Å². The molecule has 0 aliphatic carbocycles. The number of carbonyl (C=O) groups is 1. The Bertz CT molecular complexity index is 1260. The van der Waals surface area contributed by atoms with E-state index in [0.717, 1.165) is 17.1 Å². The highest BCUT2D eigenvalue weighted by Gasteiger charge is 2.24. The highest BCUT2D eigenvalue weighted by Crippen LogP contribution is 2.33. The van der Waals surface area contributed by atoms with Crippen LogP contribution in [-0.4, -0.2) is 27.4 Å².